The van der Waals surface area contributed by atoms with Gasteiger partial charge in [0.25, 0.3) is 6.47 Å². The highest BCUT2D eigenvalue weighted by molar-refractivity contribution is 7.99. The van der Waals surface area contributed by atoms with Crippen LogP contribution >= 0.6 is 23.4 Å². The number of thioether (sulfide) groups is 1. The van der Waals surface area contributed by atoms with Gasteiger partial charge < -0.3 is 9.84 Å². The van der Waals surface area contributed by atoms with Crippen molar-refractivity contribution in [2.24, 2.45) is 5.92 Å². The normalized spacial score (nSPS) is 21.9. The molecule has 1 aliphatic carbocycles. The number of halogens is 1. The lowest BCUT2D eigenvalue weighted by atomic mass is 10.1. The van der Waals surface area contributed by atoms with E-state index in [1.54, 1.807) is 23.9 Å². The lowest BCUT2D eigenvalue weighted by molar-refractivity contribution is -0.128. The van der Waals surface area contributed by atoms with Gasteiger partial charge in [0.2, 0.25) is 0 Å². The third-order valence-electron chi connectivity index (χ3n) is 3.49. The molecule has 2 unspecified atom stereocenters. The van der Waals surface area contributed by atoms with Crippen LogP contribution in [0.1, 0.15) is 24.8 Å². The Morgan fingerprint density at radius 1 is 1.40 bits per heavy atom. The van der Waals surface area contributed by atoms with Gasteiger partial charge in [-0.15, -0.1) is 23.4 Å². The molecule has 0 radical (unpaired) electrons. The third-order valence-corrected chi connectivity index (χ3v) is 5.09. The number of phenols is 1. The van der Waals surface area contributed by atoms with Gasteiger partial charge in [0.05, 0.1) is 6.61 Å². The molecule has 0 amide bonds. The van der Waals surface area contributed by atoms with E-state index in [2.05, 4.69) is 4.74 Å². The van der Waals surface area contributed by atoms with Gasteiger partial charge in [-0.3, -0.25) is 4.79 Å². The van der Waals surface area contributed by atoms with Crippen molar-refractivity contribution in [2.75, 3.05) is 12.4 Å². The quantitative estimate of drug-likeness (QED) is 0.361. The summed E-state index contributed by atoms with van der Waals surface area (Å²) in [6.45, 7) is 0.786. The summed E-state index contributed by atoms with van der Waals surface area (Å²) in [7, 11) is 0. The maximum Gasteiger partial charge on any atom is 0.293 e. The fraction of sp³-hybridized carbons (Fsp3) is 0.533. The number of hydrogen-bond donors (Lipinski definition) is 1. The largest absolute Gasteiger partial charge is 0.508 e. The second-order valence-corrected chi connectivity index (χ2v) is 6.85. The summed E-state index contributed by atoms with van der Waals surface area (Å²) in [5.74, 6) is 1.97. The maximum atomic E-state index is 10.1. The van der Waals surface area contributed by atoms with Gasteiger partial charge in [-0.05, 0) is 48.9 Å². The van der Waals surface area contributed by atoms with Gasteiger partial charge >= 0.3 is 0 Å². The Kier molecular flexibility index (Phi) is 6.05. The highest BCUT2D eigenvalue weighted by Gasteiger charge is 2.22. The molecule has 0 saturated heterocycles. The van der Waals surface area contributed by atoms with Crippen LogP contribution in [-0.2, 0) is 16.0 Å². The summed E-state index contributed by atoms with van der Waals surface area (Å²) in [5.41, 5.74) is 0.982. The second-order valence-electron chi connectivity index (χ2n) is 5.14. The Labute approximate surface area is 128 Å². The molecule has 1 N–H and O–H groups in total. The first-order valence-corrected chi connectivity index (χ1v) is 8.24. The first kappa shape index (κ1) is 15.5. The van der Waals surface area contributed by atoms with Crippen LogP contribution < -0.4 is 0 Å². The van der Waals surface area contributed by atoms with Crippen molar-refractivity contribution in [3.63, 3.8) is 0 Å². The topological polar surface area (TPSA) is 46.5 Å². The zero-order valence-electron chi connectivity index (χ0n) is 11.3. The molecule has 3 nitrogen and oxygen atoms in total. The molecule has 1 aliphatic rings. The minimum atomic E-state index is 0.262. The SMILES string of the molecule is O=COCCc1cc(O)cc(SCC2CCC(Cl)C2)c1. The van der Waals surface area contributed by atoms with Gasteiger partial charge in [0.1, 0.15) is 5.75 Å². The summed E-state index contributed by atoms with van der Waals surface area (Å²) in [6.07, 6.45) is 4.02. The van der Waals surface area contributed by atoms with Gasteiger partial charge in [-0.1, -0.05) is 0 Å². The lowest BCUT2D eigenvalue weighted by Gasteiger charge is -2.10. The van der Waals surface area contributed by atoms with E-state index in [9.17, 15) is 9.90 Å². The minimum Gasteiger partial charge on any atom is -0.508 e. The van der Waals surface area contributed by atoms with E-state index >= 15 is 0 Å². The highest BCUT2D eigenvalue weighted by Crippen LogP contribution is 2.34. The molecule has 2 rings (SSSR count). The number of ether oxygens (including phenoxy) is 1. The summed E-state index contributed by atoms with van der Waals surface area (Å²) in [6, 6.07) is 5.54. The number of aromatic hydroxyl groups is 1. The molecular formula is C15H19ClO3S. The molecule has 1 aromatic rings. The zero-order valence-corrected chi connectivity index (χ0v) is 12.8. The summed E-state index contributed by atoms with van der Waals surface area (Å²) < 4.78 is 4.69. The zero-order chi connectivity index (χ0) is 14.4. The number of carbonyl (C=O) groups excluding carboxylic acids is 1. The van der Waals surface area contributed by atoms with Gasteiger partial charge in [0.15, 0.2) is 0 Å². The summed E-state index contributed by atoms with van der Waals surface area (Å²) in [4.78, 5) is 11.2. The molecule has 0 heterocycles. The van der Waals surface area contributed by atoms with E-state index in [0.717, 1.165) is 29.1 Å². The Morgan fingerprint density at radius 3 is 2.95 bits per heavy atom. The van der Waals surface area contributed by atoms with Gasteiger partial charge in [-0.2, -0.15) is 0 Å². The molecule has 0 bridgehead atoms. The van der Waals surface area contributed by atoms with Crippen LogP contribution in [0.25, 0.3) is 0 Å². The van der Waals surface area contributed by atoms with Crippen LogP contribution in [0, 0.1) is 5.92 Å². The molecule has 110 valence electrons. The Morgan fingerprint density at radius 2 is 2.25 bits per heavy atom. The summed E-state index contributed by atoms with van der Waals surface area (Å²) >= 11 is 7.88. The van der Waals surface area contributed by atoms with E-state index in [4.69, 9.17) is 11.6 Å². The van der Waals surface area contributed by atoms with E-state index in [-0.39, 0.29) is 5.75 Å². The van der Waals surface area contributed by atoms with Crippen molar-refractivity contribution in [1.29, 1.82) is 0 Å². The average molecular weight is 315 g/mol. The van der Waals surface area contributed by atoms with Crippen LogP contribution in [0.3, 0.4) is 0 Å². The molecule has 0 aromatic heterocycles. The number of hydrogen-bond acceptors (Lipinski definition) is 4. The smallest absolute Gasteiger partial charge is 0.293 e. The Bertz CT molecular complexity index is 453. The molecule has 1 saturated carbocycles. The first-order valence-electron chi connectivity index (χ1n) is 6.82. The van der Waals surface area contributed by atoms with E-state index in [0.29, 0.717) is 30.8 Å². The Balaban J connectivity index is 1.88. The Hall–Kier alpha value is -0.870. The van der Waals surface area contributed by atoms with Crippen molar-refractivity contribution in [3.8, 4) is 5.75 Å². The van der Waals surface area contributed by atoms with Crippen LogP contribution in [0.5, 0.6) is 5.75 Å². The third kappa shape index (κ3) is 4.91. The van der Waals surface area contributed by atoms with Crippen molar-refractivity contribution in [2.45, 2.75) is 36.0 Å². The molecule has 2 atom stereocenters. The molecule has 1 aromatic carbocycles. The number of rotatable bonds is 7. The van der Waals surface area contributed by atoms with Crippen molar-refractivity contribution in [3.05, 3.63) is 23.8 Å². The molecule has 5 heteroatoms. The van der Waals surface area contributed by atoms with E-state index in [1.165, 1.54) is 6.42 Å². The second kappa shape index (κ2) is 7.79. The molecule has 1 fully saturated rings. The van der Waals surface area contributed by atoms with Gasteiger partial charge in [-0.25, -0.2) is 0 Å². The first-order chi connectivity index (χ1) is 9.67. The maximum absolute atomic E-state index is 10.1. The molecular weight excluding hydrogens is 296 g/mol. The monoisotopic (exact) mass is 314 g/mol. The fourth-order valence-electron chi connectivity index (χ4n) is 2.48. The standard InChI is InChI=1S/C15H19ClO3S/c16-13-2-1-12(5-13)9-20-15-7-11(3-4-19-10-17)6-14(18)8-15/h6-8,10,12-13,18H,1-5,9H2. The number of alkyl halides is 1. The predicted molar refractivity (Wildman–Crippen MR) is 81.5 cm³/mol. The predicted octanol–water partition coefficient (Wildman–Crippen LogP) is 3.61. The van der Waals surface area contributed by atoms with Crippen LogP contribution in [0.4, 0.5) is 0 Å². The molecule has 20 heavy (non-hydrogen) atoms. The number of phenolic OH excluding ortho intramolecular Hbond substituents is 1. The highest BCUT2D eigenvalue weighted by atomic mass is 35.5. The number of carbonyl (C=O) groups is 1. The van der Waals surface area contributed by atoms with Crippen LogP contribution in [0.15, 0.2) is 23.1 Å². The van der Waals surface area contributed by atoms with Crippen LogP contribution in [0.2, 0.25) is 0 Å². The van der Waals surface area contributed by atoms with E-state index < -0.39 is 0 Å². The van der Waals surface area contributed by atoms with Crippen molar-refractivity contribution in [1.82, 2.24) is 0 Å². The molecule has 0 spiro atoms. The van der Waals surface area contributed by atoms with Crippen molar-refractivity contribution >= 4 is 29.8 Å². The average Bonchev–Trinajstić information content (AvgIpc) is 2.82. The fourth-order valence-corrected chi connectivity index (χ4v) is 4.02. The summed E-state index contributed by atoms with van der Waals surface area (Å²) in [5, 5.41) is 10.1. The van der Waals surface area contributed by atoms with Crippen molar-refractivity contribution < 1.29 is 14.6 Å². The van der Waals surface area contributed by atoms with Gasteiger partial charge in [0, 0.05) is 22.4 Å². The lowest BCUT2D eigenvalue weighted by Crippen LogP contribution is -1.99. The number of benzene rings is 1. The minimum absolute atomic E-state index is 0.262. The van der Waals surface area contributed by atoms with E-state index in [1.807, 2.05) is 6.07 Å². The molecule has 0 aliphatic heterocycles. The van der Waals surface area contributed by atoms with Crippen LogP contribution in [-0.4, -0.2) is 29.3 Å².